The van der Waals surface area contributed by atoms with E-state index in [-0.39, 0.29) is 17.9 Å². The van der Waals surface area contributed by atoms with Crippen LogP contribution >= 0.6 is 15.9 Å². The number of nitrogens with zero attached hydrogens (tertiary/aromatic N) is 1. The molecule has 0 aromatic heterocycles. The molecule has 0 aliphatic carbocycles. The van der Waals surface area contributed by atoms with Crippen LogP contribution in [-0.2, 0) is 13.0 Å². The summed E-state index contributed by atoms with van der Waals surface area (Å²) >= 11 is 3.42. The molecule has 1 heterocycles. The number of carbonyl (C=O) groups is 2. The summed E-state index contributed by atoms with van der Waals surface area (Å²) in [6, 6.07) is 27.1. The Kier molecular flexibility index (Phi) is 7.65. The van der Waals surface area contributed by atoms with Crippen molar-refractivity contribution in [3.63, 3.8) is 0 Å². The predicted octanol–water partition coefficient (Wildman–Crippen LogP) is 6.37. The third-order valence-electron chi connectivity index (χ3n) is 6.38. The summed E-state index contributed by atoms with van der Waals surface area (Å²) in [6.07, 6.45) is 1.26. The van der Waals surface area contributed by atoms with E-state index in [0.717, 1.165) is 10.0 Å². The van der Waals surface area contributed by atoms with E-state index in [1.807, 2.05) is 36.4 Å². The summed E-state index contributed by atoms with van der Waals surface area (Å²) in [4.78, 5) is 27.4. The normalized spacial score (nSPS) is 14.2. The maximum absolute atomic E-state index is 13.8. The lowest BCUT2D eigenvalue weighted by atomic mass is 10.0. The molecule has 1 aliphatic heterocycles. The molecule has 0 bridgehead atoms. The number of carbonyl (C=O) groups excluding carboxylic acids is 2. The molecule has 0 saturated heterocycles. The number of amides is 2. The number of benzene rings is 4. The topological polar surface area (TPSA) is 90.9 Å². The van der Waals surface area contributed by atoms with Gasteiger partial charge in [-0.15, -0.1) is 6.58 Å². The fourth-order valence-electron chi connectivity index (χ4n) is 4.45. The molecule has 3 N–H and O–H groups in total. The first-order valence-electron chi connectivity index (χ1n) is 12.3. The van der Waals surface area contributed by atoms with Crippen molar-refractivity contribution in [1.82, 2.24) is 10.4 Å². The van der Waals surface area contributed by atoms with Crippen LogP contribution in [0, 0.1) is 0 Å². The number of anilines is 1. The molecule has 1 unspecified atom stereocenters. The lowest BCUT2D eigenvalue weighted by Gasteiger charge is -2.38. The van der Waals surface area contributed by atoms with Crippen molar-refractivity contribution in [1.29, 1.82) is 0 Å². The highest BCUT2D eigenvalue weighted by Gasteiger charge is 2.36. The highest BCUT2D eigenvalue weighted by atomic mass is 79.9. The Morgan fingerprint density at radius 2 is 1.82 bits per heavy atom. The smallest absolute Gasteiger partial charge is 0.276 e. The van der Waals surface area contributed by atoms with Gasteiger partial charge in [-0.05, 0) is 47.9 Å². The van der Waals surface area contributed by atoms with Crippen LogP contribution in [0.5, 0.6) is 11.5 Å². The van der Waals surface area contributed by atoms with Crippen LogP contribution in [0.4, 0.5) is 5.69 Å². The summed E-state index contributed by atoms with van der Waals surface area (Å²) in [7, 11) is 0. The minimum Gasteiger partial charge on any atom is -0.507 e. The van der Waals surface area contributed by atoms with Gasteiger partial charge in [0.15, 0.2) is 6.17 Å². The molecule has 0 radical (unpaired) electrons. The van der Waals surface area contributed by atoms with Crippen LogP contribution in [0.2, 0.25) is 0 Å². The molecule has 0 spiro atoms. The monoisotopic (exact) mass is 583 g/mol. The second-order valence-electron chi connectivity index (χ2n) is 8.97. The van der Waals surface area contributed by atoms with E-state index in [4.69, 9.17) is 4.74 Å². The Hall–Kier alpha value is -4.56. The number of allylic oxidation sites excluding steroid dienone is 1. The zero-order chi connectivity index (χ0) is 27.4. The molecule has 39 heavy (non-hydrogen) atoms. The Morgan fingerprint density at radius 3 is 2.62 bits per heavy atom. The van der Waals surface area contributed by atoms with Gasteiger partial charge in [0.1, 0.15) is 18.1 Å². The zero-order valence-corrected chi connectivity index (χ0v) is 22.5. The van der Waals surface area contributed by atoms with Gasteiger partial charge < -0.3 is 15.2 Å². The minimum atomic E-state index is -0.878. The Labute approximate surface area is 234 Å². The fourth-order valence-corrected chi connectivity index (χ4v) is 4.81. The molecule has 2 amide bonds. The van der Waals surface area contributed by atoms with E-state index in [0.29, 0.717) is 34.5 Å². The number of hydrazine groups is 1. The average molecular weight is 584 g/mol. The quantitative estimate of drug-likeness (QED) is 0.209. The highest BCUT2D eigenvalue weighted by Crippen LogP contribution is 2.38. The minimum absolute atomic E-state index is 0.0223. The maximum Gasteiger partial charge on any atom is 0.276 e. The number of hydrogen-bond acceptors (Lipinski definition) is 5. The van der Waals surface area contributed by atoms with Gasteiger partial charge in [-0.25, -0.2) is 5.01 Å². The molecule has 4 aromatic rings. The Morgan fingerprint density at radius 1 is 1.05 bits per heavy atom. The van der Waals surface area contributed by atoms with Crippen LogP contribution in [0.1, 0.15) is 43.6 Å². The van der Waals surface area contributed by atoms with Crippen LogP contribution in [0.15, 0.2) is 108 Å². The van der Waals surface area contributed by atoms with Crippen LogP contribution < -0.4 is 15.5 Å². The standard InChI is InChI=1S/C31H26BrN3O4/c1-2-9-21-12-8-14-24(28(21)36)29-33-26-17-16-22(32)18-25(26)31(38)35(29)34-30(37)23-13-6-7-15-27(23)39-19-20-10-4-3-5-11-20/h2-8,10-18,29,33,36H,1,9,19H2,(H,34,37). The average Bonchev–Trinajstić information content (AvgIpc) is 2.95. The van der Waals surface area contributed by atoms with E-state index in [9.17, 15) is 14.7 Å². The molecule has 0 saturated carbocycles. The second-order valence-corrected chi connectivity index (χ2v) is 9.89. The van der Waals surface area contributed by atoms with Gasteiger partial charge in [0, 0.05) is 15.7 Å². The molecular formula is C31H26BrN3O4. The second kappa shape index (κ2) is 11.4. The van der Waals surface area contributed by atoms with Gasteiger partial charge in [-0.2, -0.15) is 0 Å². The first-order valence-corrected chi connectivity index (χ1v) is 13.1. The van der Waals surface area contributed by atoms with Gasteiger partial charge in [0.2, 0.25) is 0 Å². The lowest BCUT2D eigenvalue weighted by molar-refractivity contribution is 0.0487. The largest absolute Gasteiger partial charge is 0.507 e. The predicted molar refractivity (Wildman–Crippen MR) is 153 cm³/mol. The number of fused-ring (bicyclic) bond motifs is 1. The van der Waals surface area contributed by atoms with Crippen LogP contribution in [0.3, 0.4) is 0 Å². The number of ether oxygens (including phenoxy) is 1. The SMILES string of the molecule is C=CCc1cccc(C2Nc3ccc(Br)cc3C(=O)N2NC(=O)c2ccccc2OCc2ccccc2)c1O. The molecule has 5 rings (SSSR count). The summed E-state index contributed by atoms with van der Waals surface area (Å²) < 4.78 is 6.69. The van der Waals surface area contributed by atoms with E-state index in [1.165, 1.54) is 5.01 Å². The molecular weight excluding hydrogens is 558 g/mol. The van der Waals surface area contributed by atoms with Gasteiger partial charge in [-0.3, -0.25) is 15.0 Å². The number of aromatic hydroxyl groups is 1. The number of phenols is 1. The Bertz CT molecular complexity index is 1540. The van der Waals surface area contributed by atoms with Crippen LogP contribution in [-0.4, -0.2) is 21.9 Å². The first kappa shape index (κ1) is 26.1. The number of nitrogens with one attached hydrogen (secondary N) is 2. The van der Waals surface area contributed by atoms with Crippen LogP contribution in [0.25, 0.3) is 0 Å². The summed E-state index contributed by atoms with van der Waals surface area (Å²) in [6.45, 7) is 4.04. The van der Waals surface area contributed by atoms with Crippen molar-refractivity contribution in [2.24, 2.45) is 0 Å². The summed E-state index contributed by atoms with van der Waals surface area (Å²) in [5, 5.41) is 15.6. The summed E-state index contributed by atoms with van der Waals surface area (Å²) in [5.41, 5.74) is 6.04. The molecule has 7 nitrogen and oxygen atoms in total. The fraction of sp³-hybridized carbons (Fsp3) is 0.0968. The van der Waals surface area contributed by atoms with Crippen molar-refractivity contribution in [2.75, 3.05) is 5.32 Å². The van der Waals surface area contributed by atoms with Gasteiger partial charge >= 0.3 is 0 Å². The third-order valence-corrected chi connectivity index (χ3v) is 6.87. The van der Waals surface area contributed by atoms with Gasteiger partial charge in [0.25, 0.3) is 11.8 Å². The van der Waals surface area contributed by atoms with Gasteiger partial charge in [-0.1, -0.05) is 82.7 Å². The molecule has 0 fully saturated rings. The molecule has 4 aromatic carbocycles. The number of rotatable bonds is 8. The van der Waals surface area contributed by atoms with Gasteiger partial charge in [0.05, 0.1) is 11.1 Å². The number of para-hydroxylation sites is 2. The Balaban J connectivity index is 1.49. The number of phenolic OH excluding ortho intramolecular Hbond substituents is 1. The van der Waals surface area contributed by atoms with E-state index >= 15 is 0 Å². The molecule has 1 atom stereocenters. The van der Waals surface area contributed by atoms with E-state index in [1.54, 1.807) is 60.7 Å². The lowest BCUT2D eigenvalue weighted by Crippen LogP contribution is -2.53. The molecule has 1 aliphatic rings. The molecule has 8 heteroatoms. The molecule has 196 valence electrons. The number of halogens is 1. The van der Waals surface area contributed by atoms with E-state index < -0.39 is 18.0 Å². The van der Waals surface area contributed by atoms with Crippen molar-refractivity contribution < 1.29 is 19.4 Å². The van der Waals surface area contributed by atoms with Crippen molar-refractivity contribution in [3.05, 3.63) is 136 Å². The zero-order valence-electron chi connectivity index (χ0n) is 20.9. The first-order chi connectivity index (χ1) is 19.0. The number of hydrogen-bond donors (Lipinski definition) is 3. The van der Waals surface area contributed by atoms with E-state index in [2.05, 4.69) is 33.3 Å². The highest BCUT2D eigenvalue weighted by molar-refractivity contribution is 9.10. The van der Waals surface area contributed by atoms with Crippen molar-refractivity contribution in [3.8, 4) is 11.5 Å². The summed E-state index contributed by atoms with van der Waals surface area (Å²) in [5.74, 6) is -0.556. The maximum atomic E-state index is 13.8. The third kappa shape index (κ3) is 5.51. The van der Waals surface area contributed by atoms with Crippen molar-refractivity contribution >= 4 is 33.4 Å². The van der Waals surface area contributed by atoms with Crippen molar-refractivity contribution in [2.45, 2.75) is 19.2 Å².